The molecule has 2 heteroatoms. The largest absolute Gasteiger partial charge is 0.456 e. The average molecular weight is 252 g/mol. The van der Waals surface area contributed by atoms with Gasteiger partial charge in [-0.2, -0.15) is 0 Å². The van der Waals surface area contributed by atoms with Gasteiger partial charge in [-0.3, -0.25) is 4.79 Å². The van der Waals surface area contributed by atoms with E-state index in [2.05, 4.69) is 0 Å². The topological polar surface area (TPSA) is 30.2 Å². The molecule has 0 amide bonds. The molecule has 1 atom stereocenters. The Balaban J connectivity index is 2.19. The van der Waals surface area contributed by atoms with Crippen LogP contribution < -0.4 is 0 Å². The Hall–Kier alpha value is -2.09. The molecular formula is C17H16O2. The molecule has 1 aromatic heterocycles. The van der Waals surface area contributed by atoms with Gasteiger partial charge in [0, 0.05) is 22.3 Å². The fourth-order valence-corrected chi connectivity index (χ4v) is 2.35. The average Bonchev–Trinajstić information content (AvgIpc) is 2.83. The molecular weight excluding hydrogens is 236 g/mol. The Kier molecular flexibility index (Phi) is 2.86. The first-order valence-corrected chi connectivity index (χ1v) is 6.66. The zero-order chi connectivity index (χ0) is 13.4. The standard InChI is InChI=1S/C17H16O2/c1-3-11(2)17(18)12-8-9-16-14(10-12)13-6-4-5-7-15(13)19-16/h4-11H,3H2,1-2H3. The van der Waals surface area contributed by atoms with E-state index < -0.39 is 0 Å². The third-order valence-corrected chi connectivity index (χ3v) is 3.72. The maximum Gasteiger partial charge on any atom is 0.165 e. The Labute approximate surface area is 112 Å². The fourth-order valence-electron chi connectivity index (χ4n) is 2.35. The van der Waals surface area contributed by atoms with Gasteiger partial charge in [0.05, 0.1) is 0 Å². The maximum absolute atomic E-state index is 12.2. The van der Waals surface area contributed by atoms with Crippen LogP contribution in [0.5, 0.6) is 0 Å². The molecule has 0 spiro atoms. The van der Waals surface area contributed by atoms with Crippen LogP contribution in [0, 0.1) is 5.92 Å². The number of carbonyl (C=O) groups excluding carboxylic acids is 1. The molecule has 96 valence electrons. The van der Waals surface area contributed by atoms with E-state index in [4.69, 9.17) is 4.42 Å². The van der Waals surface area contributed by atoms with Crippen LogP contribution in [-0.4, -0.2) is 5.78 Å². The first kappa shape index (κ1) is 12.0. The summed E-state index contributed by atoms with van der Waals surface area (Å²) in [6.07, 6.45) is 0.864. The van der Waals surface area contributed by atoms with Gasteiger partial charge < -0.3 is 4.42 Å². The van der Waals surface area contributed by atoms with Crippen LogP contribution in [-0.2, 0) is 0 Å². The molecule has 0 N–H and O–H groups in total. The van der Waals surface area contributed by atoms with Crippen LogP contribution in [0.2, 0.25) is 0 Å². The minimum absolute atomic E-state index is 0.0654. The van der Waals surface area contributed by atoms with E-state index in [-0.39, 0.29) is 11.7 Å². The summed E-state index contributed by atoms with van der Waals surface area (Å²) in [5.41, 5.74) is 2.47. The van der Waals surface area contributed by atoms with E-state index >= 15 is 0 Å². The molecule has 3 rings (SSSR count). The highest BCUT2D eigenvalue weighted by Crippen LogP contribution is 2.29. The summed E-state index contributed by atoms with van der Waals surface area (Å²) in [6, 6.07) is 13.6. The molecule has 2 nitrogen and oxygen atoms in total. The smallest absolute Gasteiger partial charge is 0.165 e. The van der Waals surface area contributed by atoms with Crippen molar-refractivity contribution >= 4 is 27.7 Å². The quantitative estimate of drug-likeness (QED) is 0.626. The summed E-state index contributed by atoms with van der Waals surface area (Å²) >= 11 is 0. The number of para-hydroxylation sites is 1. The minimum atomic E-state index is 0.0654. The molecule has 0 saturated heterocycles. The summed E-state index contributed by atoms with van der Waals surface area (Å²) in [4.78, 5) is 12.2. The normalized spacial score (nSPS) is 12.9. The van der Waals surface area contributed by atoms with Gasteiger partial charge in [-0.15, -0.1) is 0 Å². The van der Waals surface area contributed by atoms with E-state index in [0.29, 0.717) is 0 Å². The second-order valence-corrected chi connectivity index (χ2v) is 4.98. The van der Waals surface area contributed by atoms with Crippen molar-refractivity contribution in [2.75, 3.05) is 0 Å². The highest BCUT2D eigenvalue weighted by molar-refractivity contribution is 6.08. The molecule has 0 radical (unpaired) electrons. The van der Waals surface area contributed by atoms with E-state index in [0.717, 1.165) is 33.9 Å². The number of benzene rings is 2. The fraction of sp³-hybridized carbons (Fsp3) is 0.235. The third-order valence-electron chi connectivity index (χ3n) is 3.72. The van der Waals surface area contributed by atoms with Crippen molar-refractivity contribution in [1.82, 2.24) is 0 Å². The highest BCUT2D eigenvalue weighted by Gasteiger charge is 2.15. The second kappa shape index (κ2) is 4.54. The van der Waals surface area contributed by atoms with Gasteiger partial charge in [-0.25, -0.2) is 0 Å². The molecule has 3 aromatic rings. The highest BCUT2D eigenvalue weighted by atomic mass is 16.3. The Morgan fingerprint density at radius 3 is 2.63 bits per heavy atom. The summed E-state index contributed by atoms with van der Waals surface area (Å²) < 4.78 is 5.76. The number of Topliss-reactive ketones (excluding diaryl/α,β-unsaturated/α-hetero) is 1. The molecule has 19 heavy (non-hydrogen) atoms. The molecule has 0 aliphatic carbocycles. The van der Waals surface area contributed by atoms with Crippen molar-refractivity contribution in [2.45, 2.75) is 20.3 Å². The number of furan rings is 1. The first-order valence-electron chi connectivity index (χ1n) is 6.66. The van der Waals surface area contributed by atoms with Crippen molar-refractivity contribution in [3.63, 3.8) is 0 Å². The van der Waals surface area contributed by atoms with Crippen molar-refractivity contribution < 1.29 is 9.21 Å². The predicted octanol–water partition coefficient (Wildman–Crippen LogP) is 4.81. The molecule has 0 aliphatic heterocycles. The third kappa shape index (κ3) is 1.93. The Morgan fingerprint density at radius 1 is 1.11 bits per heavy atom. The lowest BCUT2D eigenvalue weighted by molar-refractivity contribution is 0.0927. The van der Waals surface area contributed by atoms with Crippen LogP contribution in [0.15, 0.2) is 46.9 Å². The van der Waals surface area contributed by atoms with E-state index in [1.165, 1.54) is 0 Å². The van der Waals surface area contributed by atoms with Gasteiger partial charge in [0.1, 0.15) is 11.2 Å². The van der Waals surface area contributed by atoms with E-state index in [9.17, 15) is 4.79 Å². The summed E-state index contributed by atoms with van der Waals surface area (Å²) in [5.74, 6) is 0.269. The zero-order valence-electron chi connectivity index (χ0n) is 11.1. The van der Waals surface area contributed by atoms with Crippen molar-refractivity contribution in [1.29, 1.82) is 0 Å². The first-order chi connectivity index (χ1) is 9.20. The summed E-state index contributed by atoms with van der Waals surface area (Å²) in [6.45, 7) is 4.01. The Bertz CT molecular complexity index is 752. The molecule has 0 saturated carbocycles. The molecule has 2 aromatic carbocycles. The van der Waals surface area contributed by atoms with Gasteiger partial charge in [-0.05, 0) is 30.7 Å². The lowest BCUT2D eigenvalue weighted by atomic mass is 9.96. The van der Waals surface area contributed by atoms with Crippen LogP contribution in [0.3, 0.4) is 0 Å². The van der Waals surface area contributed by atoms with Gasteiger partial charge in [0.25, 0.3) is 0 Å². The second-order valence-electron chi connectivity index (χ2n) is 4.98. The van der Waals surface area contributed by atoms with Gasteiger partial charge in [0.2, 0.25) is 0 Å². The van der Waals surface area contributed by atoms with Crippen molar-refractivity contribution in [3.05, 3.63) is 48.0 Å². The van der Waals surface area contributed by atoms with Gasteiger partial charge in [0.15, 0.2) is 5.78 Å². The summed E-state index contributed by atoms with van der Waals surface area (Å²) in [5, 5.41) is 2.08. The lowest BCUT2D eigenvalue weighted by Gasteiger charge is -2.06. The molecule has 1 unspecified atom stereocenters. The van der Waals surface area contributed by atoms with Gasteiger partial charge in [-0.1, -0.05) is 32.0 Å². The number of hydrogen-bond donors (Lipinski definition) is 0. The number of ketones is 1. The molecule has 0 bridgehead atoms. The Morgan fingerprint density at radius 2 is 1.84 bits per heavy atom. The van der Waals surface area contributed by atoms with Gasteiger partial charge >= 0.3 is 0 Å². The number of hydrogen-bond acceptors (Lipinski definition) is 2. The van der Waals surface area contributed by atoms with Crippen LogP contribution >= 0.6 is 0 Å². The van der Waals surface area contributed by atoms with E-state index in [1.54, 1.807) is 0 Å². The SMILES string of the molecule is CCC(C)C(=O)c1ccc2oc3ccccc3c2c1. The van der Waals surface area contributed by atoms with Crippen LogP contribution in [0.4, 0.5) is 0 Å². The number of fused-ring (bicyclic) bond motifs is 3. The monoisotopic (exact) mass is 252 g/mol. The number of carbonyl (C=O) groups is 1. The van der Waals surface area contributed by atoms with Crippen molar-refractivity contribution in [2.24, 2.45) is 5.92 Å². The zero-order valence-corrected chi connectivity index (χ0v) is 11.1. The van der Waals surface area contributed by atoms with E-state index in [1.807, 2.05) is 56.3 Å². The van der Waals surface area contributed by atoms with Crippen molar-refractivity contribution in [3.8, 4) is 0 Å². The molecule has 1 heterocycles. The lowest BCUT2D eigenvalue weighted by Crippen LogP contribution is -2.09. The number of rotatable bonds is 3. The maximum atomic E-state index is 12.2. The van der Waals surface area contributed by atoms with Crippen LogP contribution in [0.1, 0.15) is 30.6 Å². The predicted molar refractivity (Wildman–Crippen MR) is 77.5 cm³/mol. The summed E-state index contributed by atoms with van der Waals surface area (Å²) in [7, 11) is 0. The minimum Gasteiger partial charge on any atom is -0.456 e. The molecule has 0 aliphatic rings. The van der Waals surface area contributed by atoms with Crippen LogP contribution in [0.25, 0.3) is 21.9 Å². The molecule has 0 fully saturated rings.